The summed E-state index contributed by atoms with van der Waals surface area (Å²) < 4.78 is 17.0. The molecule has 79 heavy (non-hydrogen) atoms. The Morgan fingerprint density at radius 3 is 0.772 bits per heavy atom. The van der Waals surface area contributed by atoms with E-state index in [9.17, 15) is 14.4 Å². The van der Waals surface area contributed by atoms with Crippen LogP contribution in [0.4, 0.5) is 0 Å². The van der Waals surface area contributed by atoms with E-state index in [1.54, 1.807) is 0 Å². The molecule has 0 aliphatic carbocycles. The molecule has 6 nitrogen and oxygen atoms in total. The summed E-state index contributed by atoms with van der Waals surface area (Å²) in [6, 6.07) is 0. The Kier molecular flexibility index (Phi) is 64.7. The number of carbonyl (C=O) groups is 3. The summed E-state index contributed by atoms with van der Waals surface area (Å²) in [5.41, 5.74) is 0. The summed E-state index contributed by atoms with van der Waals surface area (Å²) in [4.78, 5) is 38.4. The van der Waals surface area contributed by atoms with Gasteiger partial charge < -0.3 is 14.2 Å². The van der Waals surface area contributed by atoms with E-state index < -0.39 is 6.10 Å². The first kappa shape index (κ1) is 75.8. The van der Waals surface area contributed by atoms with Gasteiger partial charge in [0.1, 0.15) is 13.2 Å². The first-order valence-corrected chi connectivity index (χ1v) is 34.4. The van der Waals surface area contributed by atoms with Crippen LogP contribution in [0.5, 0.6) is 0 Å². The summed E-state index contributed by atoms with van der Waals surface area (Å²) in [5.74, 6) is -0.875. The lowest BCUT2D eigenvalue weighted by atomic mass is 10.0. The minimum Gasteiger partial charge on any atom is -0.462 e. The van der Waals surface area contributed by atoms with Crippen molar-refractivity contribution in [1.82, 2.24) is 0 Å². The van der Waals surface area contributed by atoms with Gasteiger partial charge in [-0.05, 0) is 89.9 Å². The van der Waals surface area contributed by atoms with Crippen molar-refractivity contribution in [2.45, 2.75) is 361 Å². The van der Waals surface area contributed by atoms with Crippen LogP contribution in [0.3, 0.4) is 0 Å². The highest BCUT2D eigenvalue weighted by Gasteiger charge is 2.19. The number of hydrogen-bond acceptors (Lipinski definition) is 6. The number of esters is 3. The van der Waals surface area contributed by atoms with Crippen LogP contribution in [0.1, 0.15) is 355 Å². The molecule has 0 fully saturated rings. The second-order valence-corrected chi connectivity index (χ2v) is 23.1. The second-order valence-electron chi connectivity index (χ2n) is 23.1. The highest BCUT2D eigenvalue weighted by Crippen LogP contribution is 2.18. The molecule has 0 bridgehead atoms. The zero-order valence-corrected chi connectivity index (χ0v) is 52.6. The molecule has 6 heteroatoms. The maximum atomic E-state index is 12.9. The molecule has 1 atom stereocenters. The molecule has 0 radical (unpaired) electrons. The zero-order valence-electron chi connectivity index (χ0n) is 52.6. The molecule has 1 unspecified atom stereocenters. The van der Waals surface area contributed by atoms with Crippen molar-refractivity contribution in [3.05, 3.63) is 72.9 Å². The van der Waals surface area contributed by atoms with E-state index in [1.807, 2.05) is 0 Å². The van der Waals surface area contributed by atoms with E-state index in [0.717, 1.165) is 109 Å². The van der Waals surface area contributed by atoms with Crippen molar-refractivity contribution in [3.63, 3.8) is 0 Å². The minimum atomic E-state index is -0.782. The minimum absolute atomic E-state index is 0.0775. The Balaban J connectivity index is 4.25. The number of carbonyl (C=O) groups excluding carboxylic acids is 3. The highest BCUT2D eigenvalue weighted by atomic mass is 16.6. The van der Waals surface area contributed by atoms with Gasteiger partial charge in [-0.25, -0.2) is 0 Å². The van der Waals surface area contributed by atoms with Gasteiger partial charge >= 0.3 is 17.9 Å². The van der Waals surface area contributed by atoms with Crippen LogP contribution in [0.25, 0.3) is 0 Å². The van der Waals surface area contributed by atoms with Crippen LogP contribution in [-0.4, -0.2) is 37.2 Å². The Labute approximate surface area is 491 Å². The summed E-state index contributed by atoms with van der Waals surface area (Å²) in [6.07, 6.45) is 87.8. The normalized spacial score (nSPS) is 12.5. The van der Waals surface area contributed by atoms with Crippen LogP contribution >= 0.6 is 0 Å². The fourth-order valence-corrected chi connectivity index (χ4v) is 10.1. The molecule has 0 aromatic heterocycles. The predicted octanol–water partition coefficient (Wildman–Crippen LogP) is 23.7. The van der Waals surface area contributed by atoms with Gasteiger partial charge in [0.15, 0.2) is 6.10 Å². The number of allylic oxidation sites excluding steroid dienone is 12. The molecule has 0 heterocycles. The predicted molar refractivity (Wildman–Crippen MR) is 344 cm³/mol. The smallest absolute Gasteiger partial charge is 0.306 e. The highest BCUT2D eigenvalue weighted by molar-refractivity contribution is 5.71. The molecule has 0 aliphatic rings. The van der Waals surface area contributed by atoms with Gasteiger partial charge in [-0.1, -0.05) is 318 Å². The molecule has 458 valence electrons. The Hall–Kier alpha value is -3.15. The van der Waals surface area contributed by atoms with E-state index in [4.69, 9.17) is 14.2 Å². The monoisotopic (exact) mass is 1100 g/mol. The molecule has 0 N–H and O–H groups in total. The van der Waals surface area contributed by atoms with E-state index in [2.05, 4.69) is 93.7 Å². The average Bonchev–Trinajstić information content (AvgIpc) is 3.45. The van der Waals surface area contributed by atoms with Gasteiger partial charge in [0.05, 0.1) is 0 Å². The third-order valence-corrected chi connectivity index (χ3v) is 15.2. The van der Waals surface area contributed by atoms with Crippen LogP contribution < -0.4 is 0 Å². The molecular formula is C73H130O6. The Bertz CT molecular complexity index is 1450. The second kappa shape index (κ2) is 67.4. The van der Waals surface area contributed by atoms with Crippen molar-refractivity contribution >= 4 is 17.9 Å². The number of hydrogen-bond donors (Lipinski definition) is 0. The van der Waals surface area contributed by atoms with Crippen LogP contribution in [-0.2, 0) is 28.6 Å². The van der Waals surface area contributed by atoms with Gasteiger partial charge in [0, 0.05) is 19.3 Å². The van der Waals surface area contributed by atoms with Gasteiger partial charge in [-0.15, -0.1) is 0 Å². The van der Waals surface area contributed by atoms with Gasteiger partial charge in [0.25, 0.3) is 0 Å². The largest absolute Gasteiger partial charge is 0.462 e. The molecule has 0 rings (SSSR count). The lowest BCUT2D eigenvalue weighted by Gasteiger charge is -2.18. The van der Waals surface area contributed by atoms with Crippen molar-refractivity contribution < 1.29 is 28.6 Å². The van der Waals surface area contributed by atoms with Gasteiger partial charge in [-0.2, -0.15) is 0 Å². The zero-order chi connectivity index (χ0) is 57.1. The molecule has 0 saturated heterocycles. The van der Waals surface area contributed by atoms with Crippen LogP contribution in [0, 0.1) is 0 Å². The topological polar surface area (TPSA) is 78.9 Å². The third-order valence-electron chi connectivity index (χ3n) is 15.2. The molecule has 0 aliphatic heterocycles. The summed E-state index contributed by atoms with van der Waals surface area (Å²) >= 11 is 0. The van der Waals surface area contributed by atoms with E-state index in [-0.39, 0.29) is 31.1 Å². The third kappa shape index (κ3) is 65.5. The lowest BCUT2D eigenvalue weighted by molar-refractivity contribution is -0.167. The van der Waals surface area contributed by atoms with Gasteiger partial charge in [0.2, 0.25) is 0 Å². The fourth-order valence-electron chi connectivity index (χ4n) is 10.1. The Morgan fingerprint density at radius 2 is 0.494 bits per heavy atom. The summed E-state index contributed by atoms with van der Waals surface area (Å²) in [7, 11) is 0. The van der Waals surface area contributed by atoms with Crippen molar-refractivity contribution in [1.29, 1.82) is 0 Å². The van der Waals surface area contributed by atoms with Crippen molar-refractivity contribution in [3.8, 4) is 0 Å². The fraction of sp³-hybridized carbons (Fsp3) is 0.795. The van der Waals surface area contributed by atoms with E-state index in [1.165, 1.54) is 205 Å². The van der Waals surface area contributed by atoms with Gasteiger partial charge in [-0.3, -0.25) is 14.4 Å². The lowest BCUT2D eigenvalue weighted by Crippen LogP contribution is -2.30. The molecule has 0 saturated carbocycles. The quantitative estimate of drug-likeness (QED) is 0.0261. The maximum Gasteiger partial charge on any atom is 0.306 e. The van der Waals surface area contributed by atoms with E-state index in [0.29, 0.717) is 19.3 Å². The van der Waals surface area contributed by atoms with Crippen LogP contribution in [0.15, 0.2) is 72.9 Å². The first-order chi connectivity index (χ1) is 39.0. The SMILES string of the molecule is CC/C=C\C/C=C\C/C=C\CCCCCCCC(=O)OCC(COC(=O)CCCCCCCCCCCCCCCC/C=C\C/C=C\C/C=C\CCCCCCC)OC(=O)CCCCCCCCCCCCCCCCCCC. The standard InChI is InChI=1S/C73H130O6/c1-4-7-10-13-16-19-22-25-28-30-31-32-33-34-35-36-37-38-39-40-41-43-45-48-51-54-57-60-63-66-72(75)78-69-70(68-77-71(74)65-62-59-56-53-50-47-44-27-24-21-18-15-12-9-6-3)79-73(76)67-64-61-58-55-52-49-46-42-29-26-23-20-17-14-11-8-5-2/h9,12,18,21-22,25,27,30-31,33-34,44,70H,4-8,10-11,13-17,19-20,23-24,26,28-29,32,35-43,45-69H2,1-3H3/b12-9-,21-18-,25-22-,31-30-,34-33-,44-27-. The molecule has 0 spiro atoms. The first-order valence-electron chi connectivity index (χ1n) is 34.4. The van der Waals surface area contributed by atoms with Crippen molar-refractivity contribution in [2.75, 3.05) is 13.2 Å². The molecule has 0 aromatic rings. The number of rotatable bonds is 63. The van der Waals surface area contributed by atoms with Crippen molar-refractivity contribution in [2.24, 2.45) is 0 Å². The molecule has 0 aromatic carbocycles. The number of unbranched alkanes of at least 4 members (excludes halogenated alkanes) is 40. The number of ether oxygens (including phenoxy) is 3. The average molecular weight is 1100 g/mol. The summed E-state index contributed by atoms with van der Waals surface area (Å²) in [6.45, 7) is 6.55. The van der Waals surface area contributed by atoms with E-state index >= 15 is 0 Å². The Morgan fingerprint density at radius 1 is 0.266 bits per heavy atom. The van der Waals surface area contributed by atoms with Crippen LogP contribution in [0.2, 0.25) is 0 Å². The molecular weight excluding hydrogens is 973 g/mol. The summed E-state index contributed by atoms with van der Waals surface area (Å²) in [5, 5.41) is 0. The molecule has 0 amide bonds. The maximum absolute atomic E-state index is 12.9.